The van der Waals surface area contributed by atoms with Crippen molar-refractivity contribution in [3.8, 4) is 0 Å². The number of aryl methyl sites for hydroxylation is 1. The van der Waals surface area contributed by atoms with E-state index in [2.05, 4.69) is 5.32 Å². The van der Waals surface area contributed by atoms with Crippen molar-refractivity contribution in [1.29, 1.82) is 0 Å². The Balaban J connectivity index is 2.92. The van der Waals surface area contributed by atoms with E-state index in [1.165, 1.54) is 12.1 Å². The van der Waals surface area contributed by atoms with E-state index in [4.69, 9.17) is 22.1 Å². The molecule has 0 fully saturated rings. The highest BCUT2D eigenvalue weighted by Gasteiger charge is 2.16. The van der Waals surface area contributed by atoms with Crippen molar-refractivity contribution in [1.82, 2.24) is 0 Å². The van der Waals surface area contributed by atoms with Crippen molar-refractivity contribution in [2.24, 2.45) is 0 Å². The largest absolute Gasteiger partial charge is 0.448 e. The molecular weight excluding hydrogens is 262 g/mol. The second-order valence-corrected chi connectivity index (χ2v) is 3.81. The van der Waals surface area contributed by atoms with Crippen LogP contribution in [-0.4, -0.2) is 23.5 Å². The van der Waals surface area contributed by atoms with Crippen molar-refractivity contribution < 1.29 is 14.5 Å². The lowest BCUT2D eigenvalue weighted by atomic mass is 10.1. The summed E-state index contributed by atoms with van der Waals surface area (Å²) in [6.07, 6.45) is -0.724. The molecule has 98 valence electrons. The molecule has 1 aromatic carbocycles. The summed E-state index contributed by atoms with van der Waals surface area (Å²) < 4.78 is 4.70. The minimum absolute atomic E-state index is 0.0391. The molecule has 1 rings (SSSR count). The molecule has 7 nitrogen and oxygen atoms in total. The lowest BCUT2D eigenvalue weighted by Gasteiger charge is -2.09. The Bertz CT molecular complexity index is 478. The van der Waals surface area contributed by atoms with Crippen molar-refractivity contribution in [3.63, 3.8) is 0 Å². The van der Waals surface area contributed by atoms with Gasteiger partial charge in [-0.25, -0.2) is 4.79 Å². The number of nitrogens with one attached hydrogen (secondary N) is 1. The molecule has 18 heavy (non-hydrogen) atoms. The number of nitrogens with zero attached hydrogens (tertiary/aromatic N) is 1. The Morgan fingerprint density at radius 2 is 2.28 bits per heavy atom. The predicted octanol–water partition coefficient (Wildman–Crippen LogP) is 2.27. The zero-order valence-electron chi connectivity index (χ0n) is 9.60. The molecule has 0 aliphatic rings. The van der Waals surface area contributed by atoms with Gasteiger partial charge in [0, 0.05) is 6.07 Å². The molecule has 0 saturated carbocycles. The van der Waals surface area contributed by atoms with Crippen LogP contribution in [0.1, 0.15) is 5.56 Å². The van der Waals surface area contributed by atoms with Gasteiger partial charge in [0.2, 0.25) is 0 Å². The number of hydrogen-bond acceptors (Lipinski definition) is 5. The first-order chi connectivity index (χ1) is 8.45. The molecule has 0 spiro atoms. The van der Waals surface area contributed by atoms with Crippen molar-refractivity contribution in [3.05, 3.63) is 27.8 Å². The van der Waals surface area contributed by atoms with Crippen LogP contribution in [0.5, 0.6) is 0 Å². The predicted molar refractivity (Wildman–Crippen MR) is 67.9 cm³/mol. The zero-order chi connectivity index (χ0) is 13.7. The number of nitro benzene ring substituents is 1. The van der Waals surface area contributed by atoms with Gasteiger partial charge in [-0.2, -0.15) is 0 Å². The highest BCUT2D eigenvalue weighted by molar-refractivity contribution is 6.18. The number of hydrogen-bond donors (Lipinski definition) is 2. The first-order valence-electron chi connectivity index (χ1n) is 5.00. The number of carbonyl (C=O) groups is 1. The summed E-state index contributed by atoms with van der Waals surface area (Å²) in [4.78, 5) is 21.4. The lowest BCUT2D eigenvalue weighted by molar-refractivity contribution is -0.383. The van der Waals surface area contributed by atoms with E-state index < -0.39 is 11.0 Å². The quantitative estimate of drug-likeness (QED) is 0.379. The molecule has 0 bridgehead atoms. The van der Waals surface area contributed by atoms with E-state index in [0.29, 0.717) is 5.56 Å². The number of carbonyl (C=O) groups excluding carboxylic acids is 1. The number of halogens is 1. The van der Waals surface area contributed by atoms with Crippen molar-refractivity contribution >= 4 is 34.8 Å². The second kappa shape index (κ2) is 6.06. The molecular formula is C10H12ClN3O4. The van der Waals surface area contributed by atoms with Gasteiger partial charge in [0.1, 0.15) is 12.3 Å². The number of nitrogens with two attached hydrogens (primary N) is 1. The average Bonchev–Trinajstić information content (AvgIpc) is 2.29. The van der Waals surface area contributed by atoms with E-state index in [-0.39, 0.29) is 29.5 Å². The van der Waals surface area contributed by atoms with E-state index >= 15 is 0 Å². The van der Waals surface area contributed by atoms with Crippen molar-refractivity contribution in [2.75, 3.05) is 23.5 Å². The minimum Gasteiger partial charge on any atom is -0.448 e. The normalized spacial score (nSPS) is 9.89. The summed E-state index contributed by atoms with van der Waals surface area (Å²) in [7, 11) is 0. The third-order valence-corrected chi connectivity index (χ3v) is 2.27. The van der Waals surface area contributed by atoms with E-state index in [1.807, 2.05) is 0 Å². The molecule has 0 aliphatic carbocycles. The lowest BCUT2D eigenvalue weighted by Crippen LogP contribution is -2.16. The first kappa shape index (κ1) is 14.0. The Morgan fingerprint density at radius 3 is 2.83 bits per heavy atom. The molecule has 0 aliphatic heterocycles. The summed E-state index contributed by atoms with van der Waals surface area (Å²) in [6.45, 7) is 1.72. The molecule has 0 aromatic heterocycles. The Kier molecular flexibility index (Phi) is 4.73. The van der Waals surface area contributed by atoms with Crippen LogP contribution >= 0.6 is 11.6 Å². The Morgan fingerprint density at radius 1 is 1.61 bits per heavy atom. The molecule has 0 saturated heterocycles. The first-order valence-corrected chi connectivity index (χ1v) is 5.53. The molecule has 1 aromatic rings. The molecule has 0 unspecified atom stereocenters. The number of ether oxygens (including phenoxy) is 1. The van der Waals surface area contributed by atoms with Crippen molar-refractivity contribution in [2.45, 2.75) is 6.92 Å². The van der Waals surface area contributed by atoms with Crippen LogP contribution in [0.4, 0.5) is 21.9 Å². The maximum Gasteiger partial charge on any atom is 0.411 e. The fourth-order valence-electron chi connectivity index (χ4n) is 1.29. The van der Waals surface area contributed by atoms with Gasteiger partial charge in [-0.1, -0.05) is 0 Å². The maximum atomic E-state index is 11.3. The fourth-order valence-corrected chi connectivity index (χ4v) is 1.37. The molecule has 0 radical (unpaired) electrons. The van der Waals surface area contributed by atoms with Gasteiger partial charge in [0.05, 0.1) is 16.5 Å². The van der Waals surface area contributed by atoms with Gasteiger partial charge in [-0.05, 0) is 18.6 Å². The van der Waals surface area contributed by atoms with Crippen LogP contribution in [-0.2, 0) is 4.74 Å². The van der Waals surface area contributed by atoms with Gasteiger partial charge in [-0.3, -0.25) is 15.4 Å². The van der Waals surface area contributed by atoms with Crippen LogP contribution in [0, 0.1) is 17.0 Å². The maximum absolute atomic E-state index is 11.3. The number of alkyl halides is 1. The van der Waals surface area contributed by atoms with Crippen LogP contribution < -0.4 is 11.1 Å². The topological polar surface area (TPSA) is 107 Å². The number of benzene rings is 1. The highest BCUT2D eigenvalue weighted by Crippen LogP contribution is 2.28. The third kappa shape index (κ3) is 3.49. The molecule has 0 heterocycles. The summed E-state index contributed by atoms with van der Waals surface area (Å²) in [6, 6.07) is 2.60. The Hall–Kier alpha value is -2.02. The summed E-state index contributed by atoms with van der Waals surface area (Å²) >= 11 is 5.36. The number of anilines is 2. The smallest absolute Gasteiger partial charge is 0.411 e. The van der Waals surface area contributed by atoms with Crippen LogP contribution in [0.3, 0.4) is 0 Å². The number of amides is 1. The number of nitro groups is 1. The van der Waals surface area contributed by atoms with Gasteiger partial charge in [-0.15, -0.1) is 11.6 Å². The molecule has 1 amide bonds. The minimum atomic E-state index is -0.724. The van der Waals surface area contributed by atoms with Gasteiger partial charge in [0.15, 0.2) is 0 Å². The van der Waals surface area contributed by atoms with E-state index in [9.17, 15) is 14.9 Å². The number of nitrogen functional groups attached to an aromatic ring is 1. The standard InChI is InChI=1S/C10H12ClN3O4/c1-6-4-7(12)9(14(16)17)5-8(6)13-10(15)18-3-2-11/h4-5H,2-3,12H2,1H3,(H,13,15). The van der Waals surface area contributed by atoms with E-state index in [1.54, 1.807) is 6.92 Å². The highest BCUT2D eigenvalue weighted by atomic mass is 35.5. The number of rotatable bonds is 4. The summed E-state index contributed by atoms with van der Waals surface area (Å²) in [5.74, 6) is 0.175. The second-order valence-electron chi connectivity index (χ2n) is 3.43. The van der Waals surface area contributed by atoms with Crippen LogP contribution in [0.2, 0.25) is 0 Å². The van der Waals surface area contributed by atoms with Crippen LogP contribution in [0.15, 0.2) is 12.1 Å². The monoisotopic (exact) mass is 273 g/mol. The summed E-state index contributed by atoms with van der Waals surface area (Å²) in [5, 5.41) is 13.1. The Labute approximate surface area is 108 Å². The van der Waals surface area contributed by atoms with Crippen LogP contribution in [0.25, 0.3) is 0 Å². The zero-order valence-corrected chi connectivity index (χ0v) is 10.4. The van der Waals surface area contributed by atoms with Gasteiger partial charge >= 0.3 is 6.09 Å². The fraction of sp³-hybridized carbons (Fsp3) is 0.300. The average molecular weight is 274 g/mol. The van der Waals surface area contributed by atoms with Gasteiger partial charge in [0.25, 0.3) is 5.69 Å². The third-order valence-electron chi connectivity index (χ3n) is 2.12. The molecule has 8 heteroatoms. The van der Waals surface area contributed by atoms with Gasteiger partial charge < -0.3 is 10.5 Å². The molecule has 0 atom stereocenters. The van der Waals surface area contributed by atoms with E-state index in [0.717, 1.165) is 0 Å². The summed E-state index contributed by atoms with van der Waals surface area (Å²) in [5.41, 5.74) is 6.14. The molecule has 3 N–H and O–H groups in total. The SMILES string of the molecule is Cc1cc(N)c([N+](=O)[O-])cc1NC(=O)OCCCl.